The van der Waals surface area contributed by atoms with Crippen LogP contribution >= 0.6 is 0 Å². The van der Waals surface area contributed by atoms with Crippen molar-refractivity contribution in [2.45, 2.75) is 31.8 Å². The van der Waals surface area contributed by atoms with Gasteiger partial charge in [0.05, 0.1) is 24.7 Å². The smallest absolute Gasteiger partial charge is 0.145 e. The minimum atomic E-state index is -0.616. The van der Waals surface area contributed by atoms with Crippen molar-refractivity contribution >= 4 is 5.71 Å². The molecule has 162 valence electrons. The molecule has 0 bridgehead atoms. The van der Waals surface area contributed by atoms with Crippen molar-refractivity contribution in [3.8, 4) is 0 Å². The number of hydrogen-bond acceptors (Lipinski definition) is 6. The summed E-state index contributed by atoms with van der Waals surface area (Å²) in [5.74, 6) is 0.748. The summed E-state index contributed by atoms with van der Waals surface area (Å²) in [6.07, 6.45) is 1.70. The average Bonchev–Trinajstić information content (AvgIpc) is 3.47. The third kappa shape index (κ3) is 6.52. The lowest BCUT2D eigenvalue weighted by Crippen LogP contribution is -2.39. The maximum Gasteiger partial charge on any atom is 0.145 e. The predicted octanol–water partition coefficient (Wildman–Crippen LogP) is 3.85. The summed E-state index contributed by atoms with van der Waals surface area (Å²) in [6, 6.07) is 24.0. The zero-order chi connectivity index (χ0) is 21.3. The number of hydrogen-bond donors (Lipinski definition) is 1. The molecule has 0 fully saturated rings. The van der Waals surface area contributed by atoms with Gasteiger partial charge in [-0.25, -0.2) is 0 Å². The van der Waals surface area contributed by atoms with Crippen molar-refractivity contribution in [3.05, 3.63) is 95.9 Å². The Morgan fingerprint density at radius 2 is 1.81 bits per heavy atom. The van der Waals surface area contributed by atoms with E-state index < -0.39 is 6.10 Å². The Morgan fingerprint density at radius 1 is 1.03 bits per heavy atom. The summed E-state index contributed by atoms with van der Waals surface area (Å²) < 4.78 is 10.9. The first-order valence-corrected chi connectivity index (χ1v) is 10.6. The van der Waals surface area contributed by atoms with Gasteiger partial charge < -0.3 is 19.1 Å². The summed E-state index contributed by atoms with van der Waals surface area (Å²) in [6.45, 7) is 2.46. The van der Waals surface area contributed by atoms with Crippen LogP contribution in [0.4, 0.5) is 0 Å². The minimum Gasteiger partial charge on any atom is -0.467 e. The van der Waals surface area contributed by atoms with Gasteiger partial charge in [-0.3, -0.25) is 4.90 Å². The normalized spacial score (nSPS) is 16.8. The van der Waals surface area contributed by atoms with Crippen LogP contribution in [0.15, 0.2) is 88.6 Å². The Hall–Kier alpha value is -2.93. The monoisotopic (exact) mass is 420 g/mol. The highest BCUT2D eigenvalue weighted by molar-refractivity contribution is 6.01. The Bertz CT molecular complexity index is 929. The van der Waals surface area contributed by atoms with E-state index in [0.717, 1.165) is 30.0 Å². The summed E-state index contributed by atoms with van der Waals surface area (Å²) in [5, 5.41) is 14.9. The molecule has 0 spiro atoms. The first-order valence-electron chi connectivity index (χ1n) is 10.6. The Kier molecular flexibility index (Phi) is 7.50. The van der Waals surface area contributed by atoms with Gasteiger partial charge in [0.15, 0.2) is 0 Å². The number of oxime groups is 1. The number of benzene rings is 2. The number of aliphatic hydroxyl groups is 1. The van der Waals surface area contributed by atoms with E-state index in [1.807, 2.05) is 60.7 Å². The molecule has 0 amide bonds. The molecule has 1 aliphatic rings. The summed E-state index contributed by atoms with van der Waals surface area (Å²) >= 11 is 0. The van der Waals surface area contributed by atoms with Gasteiger partial charge in [0.25, 0.3) is 0 Å². The van der Waals surface area contributed by atoms with Crippen LogP contribution in [-0.2, 0) is 22.7 Å². The second-order valence-corrected chi connectivity index (χ2v) is 7.76. The molecule has 3 aromatic rings. The molecule has 0 aliphatic carbocycles. The van der Waals surface area contributed by atoms with Gasteiger partial charge >= 0.3 is 0 Å². The Balaban J connectivity index is 1.32. The lowest BCUT2D eigenvalue weighted by Gasteiger charge is -2.27. The van der Waals surface area contributed by atoms with E-state index in [0.29, 0.717) is 19.7 Å². The van der Waals surface area contributed by atoms with Crippen LogP contribution in [-0.4, -0.2) is 47.6 Å². The molecule has 2 heterocycles. The van der Waals surface area contributed by atoms with E-state index in [1.54, 1.807) is 6.26 Å². The molecule has 1 aromatic heterocycles. The van der Waals surface area contributed by atoms with E-state index in [4.69, 9.17) is 14.0 Å². The van der Waals surface area contributed by atoms with E-state index in [1.165, 1.54) is 5.56 Å². The molecule has 4 rings (SSSR count). The fourth-order valence-corrected chi connectivity index (χ4v) is 3.70. The first kappa shape index (κ1) is 21.3. The summed E-state index contributed by atoms with van der Waals surface area (Å²) in [5.41, 5.74) is 3.24. The number of aliphatic hydroxyl groups excluding tert-OH is 1. The van der Waals surface area contributed by atoms with Crippen LogP contribution in [0.3, 0.4) is 0 Å². The third-order valence-electron chi connectivity index (χ3n) is 5.15. The highest BCUT2D eigenvalue weighted by Crippen LogP contribution is 2.19. The molecule has 2 aromatic carbocycles. The SMILES string of the molecule is O[C@@H](COCc1ccco1)CN(Cc1ccccc1)C[C@@H]1CC(c2ccccc2)=NO1. The molecule has 0 radical (unpaired) electrons. The molecular weight excluding hydrogens is 392 g/mol. The van der Waals surface area contributed by atoms with E-state index >= 15 is 0 Å². The Labute approximate surface area is 182 Å². The first-order chi connectivity index (χ1) is 15.3. The van der Waals surface area contributed by atoms with Crippen molar-refractivity contribution in [1.29, 1.82) is 0 Å². The van der Waals surface area contributed by atoms with Crippen molar-refractivity contribution in [3.63, 3.8) is 0 Å². The quantitative estimate of drug-likeness (QED) is 0.510. The summed E-state index contributed by atoms with van der Waals surface area (Å²) in [4.78, 5) is 7.92. The van der Waals surface area contributed by atoms with Crippen molar-refractivity contribution < 1.29 is 19.1 Å². The maximum absolute atomic E-state index is 10.6. The standard InChI is InChI=1S/C25H28N2O4/c28-22(18-29-19-23-12-7-13-30-23)16-27(15-20-8-3-1-4-9-20)17-24-14-25(26-31-24)21-10-5-2-6-11-21/h1-13,22,24,28H,14-19H2/t22-,24+/m1/s1. The largest absolute Gasteiger partial charge is 0.467 e. The van der Waals surface area contributed by atoms with Gasteiger partial charge in [-0.2, -0.15) is 0 Å². The lowest BCUT2D eigenvalue weighted by molar-refractivity contribution is -0.00955. The van der Waals surface area contributed by atoms with Crippen LogP contribution in [0.2, 0.25) is 0 Å². The summed E-state index contributed by atoms with van der Waals surface area (Å²) in [7, 11) is 0. The second-order valence-electron chi connectivity index (χ2n) is 7.76. The minimum absolute atomic E-state index is 0.0462. The van der Waals surface area contributed by atoms with Crippen molar-refractivity contribution in [1.82, 2.24) is 4.90 Å². The zero-order valence-corrected chi connectivity index (χ0v) is 17.5. The fraction of sp³-hybridized carbons (Fsp3) is 0.320. The topological polar surface area (TPSA) is 67.4 Å². The molecule has 6 nitrogen and oxygen atoms in total. The van der Waals surface area contributed by atoms with E-state index in [-0.39, 0.29) is 12.7 Å². The molecule has 31 heavy (non-hydrogen) atoms. The molecule has 2 atom stereocenters. The number of nitrogens with zero attached hydrogens (tertiary/aromatic N) is 2. The lowest BCUT2D eigenvalue weighted by atomic mass is 10.0. The van der Waals surface area contributed by atoms with E-state index in [9.17, 15) is 5.11 Å². The van der Waals surface area contributed by atoms with Crippen molar-refractivity contribution in [2.75, 3.05) is 19.7 Å². The molecule has 1 aliphatic heterocycles. The molecule has 0 unspecified atom stereocenters. The van der Waals surface area contributed by atoms with Crippen LogP contribution in [0.25, 0.3) is 0 Å². The van der Waals surface area contributed by atoms with Crippen LogP contribution < -0.4 is 0 Å². The van der Waals surface area contributed by atoms with Gasteiger partial charge in [0, 0.05) is 26.1 Å². The zero-order valence-electron chi connectivity index (χ0n) is 17.5. The van der Waals surface area contributed by atoms with Gasteiger partial charge in [-0.05, 0) is 23.3 Å². The van der Waals surface area contributed by atoms with Crippen molar-refractivity contribution in [2.24, 2.45) is 5.16 Å². The molecule has 0 saturated carbocycles. The highest BCUT2D eigenvalue weighted by Gasteiger charge is 2.25. The van der Waals surface area contributed by atoms with Crippen LogP contribution in [0.5, 0.6) is 0 Å². The van der Waals surface area contributed by atoms with Gasteiger partial charge in [-0.15, -0.1) is 0 Å². The van der Waals surface area contributed by atoms with Crippen LogP contribution in [0, 0.1) is 0 Å². The molecule has 0 saturated heterocycles. The molecule has 1 N–H and O–H groups in total. The molecule has 6 heteroatoms. The van der Waals surface area contributed by atoms with Gasteiger partial charge in [0.2, 0.25) is 0 Å². The third-order valence-corrected chi connectivity index (χ3v) is 5.15. The number of furan rings is 1. The molecular formula is C25H28N2O4. The number of ether oxygens (including phenoxy) is 1. The van der Waals surface area contributed by atoms with Gasteiger partial charge in [-0.1, -0.05) is 65.8 Å². The predicted molar refractivity (Wildman–Crippen MR) is 119 cm³/mol. The average molecular weight is 421 g/mol. The van der Waals surface area contributed by atoms with E-state index in [2.05, 4.69) is 22.2 Å². The number of rotatable bonds is 11. The highest BCUT2D eigenvalue weighted by atomic mass is 16.6. The second kappa shape index (κ2) is 10.9. The maximum atomic E-state index is 10.6. The Morgan fingerprint density at radius 3 is 2.55 bits per heavy atom. The van der Waals surface area contributed by atoms with Crippen LogP contribution in [0.1, 0.15) is 23.3 Å². The van der Waals surface area contributed by atoms with Gasteiger partial charge in [0.1, 0.15) is 18.5 Å². The fourth-order valence-electron chi connectivity index (χ4n) is 3.70.